The quantitative estimate of drug-likeness (QED) is 0.715. The molecule has 2 fully saturated rings. The first-order chi connectivity index (χ1) is 9.29. The van der Waals surface area contributed by atoms with Gasteiger partial charge in [-0.25, -0.2) is 0 Å². The summed E-state index contributed by atoms with van der Waals surface area (Å²) in [6, 6.07) is 0.675. The topological polar surface area (TPSA) is 41.9 Å². The molecule has 112 valence electrons. The molecule has 2 aliphatic rings. The molecule has 2 rings (SSSR count). The van der Waals surface area contributed by atoms with Crippen LogP contribution >= 0.6 is 0 Å². The summed E-state index contributed by atoms with van der Waals surface area (Å²) in [6.45, 7) is 3.82. The zero-order chi connectivity index (χ0) is 13.5. The predicted molar refractivity (Wildman–Crippen MR) is 75.3 cm³/mol. The Labute approximate surface area is 117 Å². The molecule has 1 N–H and O–H groups in total. The molecule has 1 atom stereocenters. The molecule has 4 heteroatoms. The first-order valence-corrected chi connectivity index (χ1v) is 7.80. The van der Waals surface area contributed by atoms with Crippen molar-refractivity contribution in [2.24, 2.45) is 5.92 Å². The molecular formula is C15H29NO3. The second-order valence-electron chi connectivity index (χ2n) is 6.05. The summed E-state index contributed by atoms with van der Waals surface area (Å²) in [5, 5.41) is 9.15. The van der Waals surface area contributed by atoms with E-state index in [1.807, 2.05) is 0 Å². The summed E-state index contributed by atoms with van der Waals surface area (Å²) in [7, 11) is 2.19. The van der Waals surface area contributed by atoms with E-state index in [9.17, 15) is 0 Å². The summed E-state index contributed by atoms with van der Waals surface area (Å²) in [4.78, 5) is 2.42. The minimum Gasteiger partial charge on any atom is -0.396 e. The van der Waals surface area contributed by atoms with E-state index in [0.717, 1.165) is 32.8 Å². The molecule has 0 bridgehead atoms. The van der Waals surface area contributed by atoms with E-state index in [2.05, 4.69) is 11.9 Å². The molecule has 4 nitrogen and oxygen atoms in total. The lowest BCUT2D eigenvalue weighted by Gasteiger charge is -2.34. The fraction of sp³-hybridized carbons (Fsp3) is 1.00. The highest BCUT2D eigenvalue weighted by atomic mass is 16.5. The summed E-state index contributed by atoms with van der Waals surface area (Å²) < 4.78 is 11.3. The number of aliphatic hydroxyl groups is 1. The van der Waals surface area contributed by atoms with Gasteiger partial charge in [-0.3, -0.25) is 0 Å². The summed E-state index contributed by atoms with van der Waals surface area (Å²) in [5.74, 6) is 0.542. The molecule has 1 aliphatic heterocycles. The second kappa shape index (κ2) is 8.20. The standard InChI is InChI=1S/C15H29NO3/c1-16(14-6-4-13(11-17)5-7-14)8-10-18-12-15-3-2-9-19-15/h13-15,17H,2-12H2,1H3. The van der Waals surface area contributed by atoms with E-state index in [4.69, 9.17) is 14.6 Å². The van der Waals surface area contributed by atoms with E-state index < -0.39 is 0 Å². The molecule has 1 heterocycles. The third-order valence-corrected chi connectivity index (χ3v) is 4.61. The third kappa shape index (κ3) is 5.03. The third-order valence-electron chi connectivity index (χ3n) is 4.61. The van der Waals surface area contributed by atoms with Crippen LogP contribution in [0.25, 0.3) is 0 Å². The SMILES string of the molecule is CN(CCOCC1CCCO1)C1CCC(CO)CC1. The van der Waals surface area contributed by atoms with E-state index in [1.165, 1.54) is 32.1 Å². The fourth-order valence-corrected chi connectivity index (χ4v) is 3.15. The maximum atomic E-state index is 9.15. The molecule has 1 unspecified atom stereocenters. The molecule has 1 saturated heterocycles. The van der Waals surface area contributed by atoms with Crippen molar-refractivity contribution >= 4 is 0 Å². The van der Waals surface area contributed by atoms with Crippen molar-refractivity contribution in [2.75, 3.05) is 40.0 Å². The van der Waals surface area contributed by atoms with Crippen molar-refractivity contribution in [3.05, 3.63) is 0 Å². The Bertz CT molecular complexity index is 236. The molecule has 0 aromatic heterocycles. The molecule has 0 aromatic rings. The Hall–Kier alpha value is -0.160. The van der Waals surface area contributed by atoms with Gasteiger partial charge < -0.3 is 19.5 Å². The summed E-state index contributed by atoms with van der Waals surface area (Å²) >= 11 is 0. The van der Waals surface area contributed by atoms with Gasteiger partial charge >= 0.3 is 0 Å². The zero-order valence-corrected chi connectivity index (χ0v) is 12.2. The first-order valence-electron chi connectivity index (χ1n) is 7.80. The molecule has 1 aliphatic carbocycles. The van der Waals surface area contributed by atoms with E-state index in [-0.39, 0.29) is 0 Å². The van der Waals surface area contributed by atoms with Gasteiger partial charge in [0.05, 0.1) is 19.3 Å². The molecule has 0 spiro atoms. The van der Waals surface area contributed by atoms with Crippen LogP contribution in [0.2, 0.25) is 0 Å². The maximum Gasteiger partial charge on any atom is 0.0809 e. The lowest BCUT2D eigenvalue weighted by Crippen LogP contribution is -2.38. The van der Waals surface area contributed by atoms with Crippen molar-refractivity contribution in [1.82, 2.24) is 4.90 Å². The van der Waals surface area contributed by atoms with Gasteiger partial charge in [0, 0.05) is 25.8 Å². The molecule has 0 radical (unpaired) electrons. The normalized spacial score (nSPS) is 32.1. The van der Waals surface area contributed by atoms with Crippen LogP contribution in [0.4, 0.5) is 0 Å². The lowest BCUT2D eigenvalue weighted by molar-refractivity contribution is 0.00703. The second-order valence-corrected chi connectivity index (χ2v) is 6.05. The van der Waals surface area contributed by atoms with Crippen LogP contribution < -0.4 is 0 Å². The average Bonchev–Trinajstić information content (AvgIpc) is 2.96. The Kier molecular flexibility index (Phi) is 6.57. The molecule has 0 aromatic carbocycles. The first kappa shape index (κ1) is 15.2. The van der Waals surface area contributed by atoms with Crippen LogP contribution in [-0.4, -0.2) is 62.2 Å². The predicted octanol–water partition coefficient (Wildman–Crippen LogP) is 1.66. The van der Waals surface area contributed by atoms with Crippen molar-refractivity contribution < 1.29 is 14.6 Å². The number of rotatable bonds is 7. The molecule has 0 amide bonds. The number of ether oxygens (including phenoxy) is 2. The largest absolute Gasteiger partial charge is 0.396 e. The van der Waals surface area contributed by atoms with Crippen LogP contribution in [0, 0.1) is 5.92 Å². The van der Waals surface area contributed by atoms with Crippen LogP contribution in [0.15, 0.2) is 0 Å². The Morgan fingerprint density at radius 1 is 1.21 bits per heavy atom. The van der Waals surface area contributed by atoms with Gasteiger partial charge in [0.15, 0.2) is 0 Å². The number of hydrogen-bond acceptors (Lipinski definition) is 4. The van der Waals surface area contributed by atoms with Gasteiger partial charge in [0.1, 0.15) is 0 Å². The van der Waals surface area contributed by atoms with E-state index in [0.29, 0.717) is 24.7 Å². The molecule has 19 heavy (non-hydrogen) atoms. The monoisotopic (exact) mass is 271 g/mol. The Balaban J connectivity index is 1.53. The van der Waals surface area contributed by atoms with Crippen LogP contribution in [0.3, 0.4) is 0 Å². The minimum atomic E-state index is 0.338. The molecular weight excluding hydrogens is 242 g/mol. The fourth-order valence-electron chi connectivity index (χ4n) is 3.15. The van der Waals surface area contributed by atoms with Gasteiger partial charge in [-0.05, 0) is 51.5 Å². The van der Waals surface area contributed by atoms with Crippen molar-refractivity contribution in [2.45, 2.75) is 50.7 Å². The smallest absolute Gasteiger partial charge is 0.0809 e. The van der Waals surface area contributed by atoms with Crippen molar-refractivity contribution in [3.63, 3.8) is 0 Å². The average molecular weight is 271 g/mol. The highest BCUT2D eigenvalue weighted by Gasteiger charge is 2.23. The van der Waals surface area contributed by atoms with Gasteiger partial charge in [-0.15, -0.1) is 0 Å². The van der Waals surface area contributed by atoms with Crippen molar-refractivity contribution in [1.29, 1.82) is 0 Å². The molecule has 1 saturated carbocycles. The highest BCUT2D eigenvalue weighted by Crippen LogP contribution is 2.26. The lowest BCUT2D eigenvalue weighted by atomic mass is 9.86. The van der Waals surface area contributed by atoms with Crippen LogP contribution in [0.5, 0.6) is 0 Å². The Morgan fingerprint density at radius 3 is 2.63 bits per heavy atom. The number of likely N-dealkylation sites (N-methyl/N-ethyl adjacent to an activating group) is 1. The highest BCUT2D eigenvalue weighted by molar-refractivity contribution is 4.77. The van der Waals surface area contributed by atoms with Crippen molar-refractivity contribution in [3.8, 4) is 0 Å². The van der Waals surface area contributed by atoms with Crippen LogP contribution in [0.1, 0.15) is 38.5 Å². The Morgan fingerprint density at radius 2 is 2.00 bits per heavy atom. The van der Waals surface area contributed by atoms with Gasteiger partial charge in [0.2, 0.25) is 0 Å². The van der Waals surface area contributed by atoms with Crippen LogP contribution in [-0.2, 0) is 9.47 Å². The number of hydrogen-bond donors (Lipinski definition) is 1. The maximum absolute atomic E-state index is 9.15. The zero-order valence-electron chi connectivity index (χ0n) is 12.2. The van der Waals surface area contributed by atoms with Gasteiger partial charge in [0.25, 0.3) is 0 Å². The number of aliphatic hydroxyl groups excluding tert-OH is 1. The van der Waals surface area contributed by atoms with E-state index >= 15 is 0 Å². The van der Waals surface area contributed by atoms with Gasteiger partial charge in [-0.2, -0.15) is 0 Å². The number of nitrogens with zero attached hydrogens (tertiary/aromatic N) is 1. The minimum absolute atomic E-state index is 0.338. The summed E-state index contributed by atoms with van der Waals surface area (Å²) in [6.07, 6.45) is 7.44. The van der Waals surface area contributed by atoms with E-state index in [1.54, 1.807) is 0 Å². The van der Waals surface area contributed by atoms with Gasteiger partial charge in [-0.1, -0.05) is 0 Å². The summed E-state index contributed by atoms with van der Waals surface area (Å²) in [5.41, 5.74) is 0.